The zero-order chi connectivity index (χ0) is 46.5. The lowest BCUT2D eigenvalue weighted by Gasteiger charge is -2.18. The van der Waals surface area contributed by atoms with Gasteiger partial charge in [-0.3, -0.25) is 14.4 Å². The van der Waals surface area contributed by atoms with Gasteiger partial charge in [-0.25, -0.2) is 0 Å². The average Bonchev–Trinajstić information content (AvgIpc) is 3.29. The van der Waals surface area contributed by atoms with Crippen LogP contribution in [0.4, 0.5) is 0 Å². The largest absolute Gasteiger partial charge is 0.462 e. The Morgan fingerprint density at radius 3 is 0.781 bits per heavy atom. The summed E-state index contributed by atoms with van der Waals surface area (Å²) < 4.78 is 16.9. The van der Waals surface area contributed by atoms with Crippen molar-refractivity contribution in [1.29, 1.82) is 0 Å². The van der Waals surface area contributed by atoms with Crippen LogP contribution in [0, 0.1) is 0 Å². The maximum Gasteiger partial charge on any atom is 0.306 e. The van der Waals surface area contributed by atoms with E-state index < -0.39 is 6.10 Å². The molecule has 0 aromatic carbocycles. The third-order valence-corrected chi connectivity index (χ3v) is 13.0. The van der Waals surface area contributed by atoms with Crippen LogP contribution in [0.5, 0.6) is 0 Å². The van der Waals surface area contributed by atoms with Crippen LogP contribution in [-0.4, -0.2) is 37.2 Å². The van der Waals surface area contributed by atoms with Crippen LogP contribution in [0.3, 0.4) is 0 Å². The minimum absolute atomic E-state index is 0.0649. The van der Waals surface area contributed by atoms with Crippen LogP contribution in [-0.2, 0) is 28.6 Å². The van der Waals surface area contributed by atoms with Crippen LogP contribution >= 0.6 is 0 Å². The summed E-state index contributed by atoms with van der Waals surface area (Å²) in [5.74, 6) is -0.846. The smallest absolute Gasteiger partial charge is 0.306 e. The molecule has 0 aromatic rings. The summed E-state index contributed by atoms with van der Waals surface area (Å²) in [5.41, 5.74) is 0. The van der Waals surface area contributed by atoms with E-state index in [0.717, 1.165) is 57.8 Å². The molecule has 1 unspecified atom stereocenters. The number of ether oxygens (including phenoxy) is 3. The standard InChI is InChI=1S/C58H110O6/c1-4-7-10-13-16-19-22-24-26-28-29-31-32-34-36-39-42-45-48-51-57(60)63-54-55(53-62-56(59)50-47-44-41-38-21-18-15-12-9-6-3)64-58(61)52-49-46-43-40-37-35-33-30-27-25-23-20-17-14-11-8-5-2/h24,26,55H,4-23,25,27-54H2,1-3H3/b26-24-. The van der Waals surface area contributed by atoms with E-state index >= 15 is 0 Å². The van der Waals surface area contributed by atoms with Crippen LogP contribution in [0.1, 0.15) is 323 Å². The fraction of sp³-hybridized carbons (Fsp3) is 0.914. The molecule has 378 valence electrons. The summed E-state index contributed by atoms with van der Waals surface area (Å²) in [6.07, 6.45) is 60.6. The maximum atomic E-state index is 12.8. The van der Waals surface area contributed by atoms with Crippen molar-refractivity contribution in [1.82, 2.24) is 0 Å². The predicted octanol–water partition coefficient (Wildman–Crippen LogP) is 18.9. The lowest BCUT2D eigenvalue weighted by Crippen LogP contribution is -2.30. The number of carbonyl (C=O) groups is 3. The van der Waals surface area contributed by atoms with Crippen molar-refractivity contribution < 1.29 is 28.6 Å². The summed E-state index contributed by atoms with van der Waals surface area (Å²) in [4.78, 5) is 38.0. The minimum atomic E-state index is -0.764. The maximum absolute atomic E-state index is 12.8. The van der Waals surface area contributed by atoms with Gasteiger partial charge in [0.1, 0.15) is 13.2 Å². The average molecular weight is 904 g/mol. The zero-order valence-electron chi connectivity index (χ0n) is 43.3. The van der Waals surface area contributed by atoms with Crippen LogP contribution in [0.25, 0.3) is 0 Å². The lowest BCUT2D eigenvalue weighted by atomic mass is 10.0. The molecule has 0 spiro atoms. The van der Waals surface area contributed by atoms with Gasteiger partial charge in [0.15, 0.2) is 6.10 Å². The first kappa shape index (κ1) is 62.1. The Kier molecular flexibility index (Phi) is 52.2. The first-order valence-electron chi connectivity index (χ1n) is 28.7. The fourth-order valence-electron chi connectivity index (χ4n) is 8.68. The number of hydrogen-bond donors (Lipinski definition) is 0. The topological polar surface area (TPSA) is 78.9 Å². The molecule has 0 heterocycles. The summed E-state index contributed by atoms with van der Waals surface area (Å²) in [7, 11) is 0. The van der Waals surface area contributed by atoms with E-state index in [-0.39, 0.29) is 31.1 Å². The second-order valence-electron chi connectivity index (χ2n) is 19.6. The number of carbonyl (C=O) groups excluding carboxylic acids is 3. The molecule has 0 aromatic heterocycles. The van der Waals surface area contributed by atoms with E-state index in [1.54, 1.807) is 0 Å². The van der Waals surface area contributed by atoms with Crippen molar-refractivity contribution in [3.8, 4) is 0 Å². The Bertz CT molecular complexity index is 993. The second kappa shape index (κ2) is 53.8. The van der Waals surface area contributed by atoms with E-state index in [2.05, 4.69) is 32.9 Å². The highest BCUT2D eigenvalue weighted by Gasteiger charge is 2.19. The lowest BCUT2D eigenvalue weighted by molar-refractivity contribution is -0.167. The van der Waals surface area contributed by atoms with Gasteiger partial charge in [0.05, 0.1) is 0 Å². The van der Waals surface area contributed by atoms with Crippen molar-refractivity contribution in [3.05, 3.63) is 12.2 Å². The zero-order valence-corrected chi connectivity index (χ0v) is 43.3. The quantitative estimate of drug-likeness (QED) is 0.0262. The Morgan fingerprint density at radius 1 is 0.297 bits per heavy atom. The molecule has 0 saturated heterocycles. The molecule has 6 heteroatoms. The van der Waals surface area contributed by atoms with Crippen molar-refractivity contribution in [2.75, 3.05) is 13.2 Å². The third kappa shape index (κ3) is 51.1. The number of allylic oxidation sites excluding steroid dienone is 2. The molecule has 0 aliphatic rings. The molecule has 0 saturated carbocycles. The molecule has 0 bridgehead atoms. The summed E-state index contributed by atoms with van der Waals surface area (Å²) in [6.45, 7) is 6.68. The molecule has 1 atom stereocenters. The number of unbranched alkanes of at least 4 members (excludes halogenated alkanes) is 40. The van der Waals surface area contributed by atoms with Gasteiger partial charge >= 0.3 is 17.9 Å². The van der Waals surface area contributed by atoms with Crippen LogP contribution in [0.15, 0.2) is 12.2 Å². The third-order valence-electron chi connectivity index (χ3n) is 13.0. The van der Waals surface area contributed by atoms with Crippen molar-refractivity contribution in [2.45, 2.75) is 329 Å². The van der Waals surface area contributed by atoms with E-state index in [1.807, 2.05) is 0 Å². The fourth-order valence-corrected chi connectivity index (χ4v) is 8.68. The molecular formula is C58H110O6. The summed E-state index contributed by atoms with van der Waals surface area (Å²) in [6, 6.07) is 0. The molecule has 0 fully saturated rings. The van der Waals surface area contributed by atoms with Crippen LogP contribution < -0.4 is 0 Å². The molecular weight excluding hydrogens is 793 g/mol. The molecule has 0 aliphatic heterocycles. The first-order valence-corrected chi connectivity index (χ1v) is 28.7. The van der Waals surface area contributed by atoms with Gasteiger partial charge in [0.2, 0.25) is 0 Å². The Morgan fingerprint density at radius 2 is 0.516 bits per heavy atom. The molecule has 64 heavy (non-hydrogen) atoms. The Hall–Kier alpha value is -1.85. The molecule has 0 radical (unpaired) electrons. The highest BCUT2D eigenvalue weighted by atomic mass is 16.6. The molecule has 0 N–H and O–H groups in total. The number of esters is 3. The van der Waals surface area contributed by atoms with Crippen molar-refractivity contribution in [2.24, 2.45) is 0 Å². The van der Waals surface area contributed by atoms with Gasteiger partial charge in [-0.15, -0.1) is 0 Å². The summed E-state index contributed by atoms with van der Waals surface area (Å²) >= 11 is 0. The van der Waals surface area contributed by atoms with Gasteiger partial charge in [0.25, 0.3) is 0 Å². The van der Waals surface area contributed by atoms with Gasteiger partial charge in [-0.2, -0.15) is 0 Å². The monoisotopic (exact) mass is 903 g/mol. The van der Waals surface area contributed by atoms with Gasteiger partial charge in [0, 0.05) is 19.3 Å². The molecule has 6 nitrogen and oxygen atoms in total. The Balaban J connectivity index is 4.25. The van der Waals surface area contributed by atoms with Gasteiger partial charge in [-0.05, 0) is 44.9 Å². The van der Waals surface area contributed by atoms with E-state index in [4.69, 9.17) is 14.2 Å². The molecule has 0 rings (SSSR count). The normalized spacial score (nSPS) is 12.0. The minimum Gasteiger partial charge on any atom is -0.462 e. The SMILES string of the molecule is CCCCCCCC/C=C\CCCCCCCCCCCC(=O)OCC(COC(=O)CCCCCCCCCCCC)OC(=O)CCCCCCCCCCCCCCCCCCC. The van der Waals surface area contributed by atoms with Crippen molar-refractivity contribution >= 4 is 17.9 Å². The van der Waals surface area contributed by atoms with Gasteiger partial charge in [-0.1, -0.05) is 270 Å². The van der Waals surface area contributed by atoms with E-state index in [1.165, 1.54) is 225 Å². The molecule has 0 aliphatic carbocycles. The van der Waals surface area contributed by atoms with Crippen molar-refractivity contribution in [3.63, 3.8) is 0 Å². The highest BCUT2D eigenvalue weighted by Crippen LogP contribution is 2.17. The summed E-state index contributed by atoms with van der Waals surface area (Å²) in [5, 5.41) is 0. The van der Waals surface area contributed by atoms with E-state index in [0.29, 0.717) is 19.3 Å². The van der Waals surface area contributed by atoms with Crippen LogP contribution in [0.2, 0.25) is 0 Å². The molecule has 0 amide bonds. The second-order valence-corrected chi connectivity index (χ2v) is 19.6. The Labute approximate surface area is 399 Å². The van der Waals surface area contributed by atoms with Gasteiger partial charge < -0.3 is 14.2 Å². The number of hydrogen-bond acceptors (Lipinski definition) is 6. The number of rotatable bonds is 53. The first-order chi connectivity index (χ1) is 31.5. The highest BCUT2D eigenvalue weighted by molar-refractivity contribution is 5.71. The predicted molar refractivity (Wildman–Crippen MR) is 275 cm³/mol. The van der Waals surface area contributed by atoms with E-state index in [9.17, 15) is 14.4 Å².